The molecule has 1 unspecified atom stereocenters. The summed E-state index contributed by atoms with van der Waals surface area (Å²) in [6.45, 7) is 0. The summed E-state index contributed by atoms with van der Waals surface area (Å²) in [6, 6.07) is 2.60. The van der Waals surface area contributed by atoms with Gasteiger partial charge in [0, 0.05) is 23.3 Å². The summed E-state index contributed by atoms with van der Waals surface area (Å²) < 4.78 is 67.2. The molecule has 0 spiro atoms. The summed E-state index contributed by atoms with van der Waals surface area (Å²) >= 11 is 5.70. The molecule has 0 radical (unpaired) electrons. The van der Waals surface area contributed by atoms with Crippen LogP contribution < -0.4 is 0 Å². The van der Waals surface area contributed by atoms with Gasteiger partial charge in [-0.3, -0.25) is 0 Å². The molecule has 20 heavy (non-hydrogen) atoms. The van der Waals surface area contributed by atoms with Gasteiger partial charge in [0.2, 0.25) is 0 Å². The second-order valence-electron chi connectivity index (χ2n) is 3.93. The molecule has 0 nitrogen and oxygen atoms in total. The smallest absolute Gasteiger partial charge is 0.137 e. The van der Waals surface area contributed by atoms with Crippen molar-refractivity contribution in [1.82, 2.24) is 0 Å². The summed E-state index contributed by atoms with van der Waals surface area (Å²) in [7, 11) is 0. The normalized spacial score (nSPS) is 12.6. The minimum atomic E-state index is -1.29. The van der Waals surface area contributed by atoms with E-state index in [1.807, 2.05) is 0 Å². The molecule has 0 fully saturated rings. The van der Waals surface area contributed by atoms with E-state index in [4.69, 9.17) is 0 Å². The molecule has 1 atom stereocenters. The second kappa shape index (κ2) is 5.81. The van der Waals surface area contributed by atoms with Gasteiger partial charge in [-0.2, -0.15) is 0 Å². The molecular formula is C13H5Br2F5. The lowest BCUT2D eigenvalue weighted by Crippen LogP contribution is -2.04. The topological polar surface area (TPSA) is 0 Å². The highest BCUT2D eigenvalue weighted by Crippen LogP contribution is 2.37. The lowest BCUT2D eigenvalue weighted by molar-refractivity contribution is 0.523. The number of hydrogen-bond donors (Lipinski definition) is 0. The lowest BCUT2D eigenvalue weighted by Gasteiger charge is -2.14. The van der Waals surface area contributed by atoms with E-state index in [1.54, 1.807) is 0 Å². The van der Waals surface area contributed by atoms with Crippen molar-refractivity contribution in [3.63, 3.8) is 0 Å². The highest BCUT2D eigenvalue weighted by atomic mass is 79.9. The molecule has 0 aliphatic heterocycles. The Bertz CT molecular complexity index is 649. The van der Waals surface area contributed by atoms with Crippen LogP contribution in [-0.4, -0.2) is 0 Å². The monoisotopic (exact) mass is 414 g/mol. The predicted octanol–water partition coefficient (Wildman–Crippen LogP) is 5.63. The van der Waals surface area contributed by atoms with Crippen LogP contribution in [0.3, 0.4) is 0 Å². The molecule has 0 N–H and O–H groups in total. The summed E-state index contributed by atoms with van der Waals surface area (Å²) in [5.74, 6) is -5.11. The molecule has 2 aromatic carbocycles. The van der Waals surface area contributed by atoms with E-state index in [9.17, 15) is 22.0 Å². The van der Waals surface area contributed by atoms with Crippen molar-refractivity contribution in [1.29, 1.82) is 0 Å². The van der Waals surface area contributed by atoms with Crippen molar-refractivity contribution in [2.45, 2.75) is 4.83 Å². The molecule has 0 bridgehead atoms. The molecule has 7 heteroatoms. The zero-order valence-electron chi connectivity index (χ0n) is 9.53. The maximum atomic E-state index is 13.8. The first kappa shape index (κ1) is 15.4. The van der Waals surface area contributed by atoms with Gasteiger partial charge in [0.05, 0.1) is 9.30 Å². The van der Waals surface area contributed by atoms with Crippen LogP contribution in [-0.2, 0) is 0 Å². The fourth-order valence-electron chi connectivity index (χ4n) is 1.68. The predicted molar refractivity (Wildman–Crippen MR) is 71.1 cm³/mol. The summed E-state index contributed by atoms with van der Waals surface area (Å²) in [5, 5.41) is 0. The molecule has 0 saturated carbocycles. The van der Waals surface area contributed by atoms with Gasteiger partial charge >= 0.3 is 0 Å². The molecule has 2 aromatic rings. The lowest BCUT2D eigenvalue weighted by atomic mass is 10.0. The highest BCUT2D eigenvalue weighted by Gasteiger charge is 2.24. The van der Waals surface area contributed by atoms with E-state index in [0.29, 0.717) is 12.1 Å². The van der Waals surface area contributed by atoms with Crippen LogP contribution in [0.1, 0.15) is 16.0 Å². The van der Waals surface area contributed by atoms with Gasteiger partial charge in [0.25, 0.3) is 0 Å². The van der Waals surface area contributed by atoms with Crippen molar-refractivity contribution in [3.8, 4) is 0 Å². The maximum absolute atomic E-state index is 13.8. The molecular weight excluding hydrogens is 411 g/mol. The first-order valence-electron chi connectivity index (χ1n) is 5.24. The largest absolute Gasteiger partial charge is 0.207 e. The van der Waals surface area contributed by atoms with Crippen molar-refractivity contribution in [2.75, 3.05) is 0 Å². The zero-order valence-corrected chi connectivity index (χ0v) is 12.7. The van der Waals surface area contributed by atoms with E-state index in [-0.39, 0.29) is 10.0 Å². The van der Waals surface area contributed by atoms with Gasteiger partial charge < -0.3 is 0 Å². The van der Waals surface area contributed by atoms with E-state index >= 15 is 0 Å². The Balaban J connectivity index is 2.57. The Morgan fingerprint density at radius 3 is 1.85 bits per heavy atom. The van der Waals surface area contributed by atoms with E-state index in [0.717, 1.165) is 12.1 Å². The van der Waals surface area contributed by atoms with E-state index in [2.05, 4.69) is 31.9 Å². The number of rotatable bonds is 2. The standard InChI is InChI=1S/C13H5Br2F5/c14-7-4-8(17)6(3-9(7)18)13(15)12-10(19)1-5(16)2-11(12)20/h1-4,13H. The Kier molecular flexibility index (Phi) is 4.49. The molecule has 0 saturated heterocycles. The first-order chi connectivity index (χ1) is 9.31. The van der Waals surface area contributed by atoms with Gasteiger partial charge in [0.1, 0.15) is 29.1 Å². The van der Waals surface area contributed by atoms with Gasteiger partial charge in [0.15, 0.2) is 0 Å². The SMILES string of the molecule is Fc1cc(F)c(C(Br)c2cc(F)c(Br)cc2F)c(F)c1. The number of halogens is 7. The first-order valence-corrected chi connectivity index (χ1v) is 6.95. The van der Waals surface area contributed by atoms with E-state index < -0.39 is 39.5 Å². The number of hydrogen-bond acceptors (Lipinski definition) is 0. The quantitative estimate of drug-likeness (QED) is 0.339. The van der Waals surface area contributed by atoms with Gasteiger partial charge in [-0.05, 0) is 28.1 Å². The minimum absolute atomic E-state index is 0.112. The molecule has 0 aromatic heterocycles. The Labute approximate surface area is 127 Å². The number of alkyl halides is 1. The van der Waals surface area contributed by atoms with Gasteiger partial charge in [-0.15, -0.1) is 0 Å². The summed E-state index contributed by atoms with van der Waals surface area (Å²) in [4.78, 5) is -1.29. The molecule has 106 valence electrons. The number of benzene rings is 2. The van der Waals surface area contributed by atoms with Crippen molar-refractivity contribution < 1.29 is 22.0 Å². The van der Waals surface area contributed by atoms with Gasteiger partial charge in [-0.1, -0.05) is 15.9 Å². The van der Waals surface area contributed by atoms with Crippen LogP contribution in [0.4, 0.5) is 22.0 Å². The summed E-state index contributed by atoms with van der Waals surface area (Å²) in [6.07, 6.45) is 0. The van der Waals surface area contributed by atoms with Crippen LogP contribution in [0.5, 0.6) is 0 Å². The third-order valence-electron chi connectivity index (χ3n) is 2.61. The highest BCUT2D eigenvalue weighted by molar-refractivity contribution is 9.10. The van der Waals surface area contributed by atoms with Crippen molar-refractivity contribution in [3.05, 3.63) is 69.0 Å². The fourth-order valence-corrected chi connectivity index (χ4v) is 2.79. The van der Waals surface area contributed by atoms with Crippen LogP contribution in [0.15, 0.2) is 28.7 Å². The molecule has 0 amide bonds. The van der Waals surface area contributed by atoms with Crippen LogP contribution in [0.25, 0.3) is 0 Å². The molecule has 0 aliphatic rings. The Hall–Kier alpha value is -0.950. The van der Waals surface area contributed by atoms with Gasteiger partial charge in [-0.25, -0.2) is 22.0 Å². The Morgan fingerprint density at radius 1 is 0.750 bits per heavy atom. The maximum Gasteiger partial charge on any atom is 0.137 e. The fraction of sp³-hybridized carbons (Fsp3) is 0.0769. The third kappa shape index (κ3) is 2.88. The minimum Gasteiger partial charge on any atom is -0.207 e. The molecule has 0 aliphatic carbocycles. The average molecular weight is 416 g/mol. The van der Waals surface area contributed by atoms with Crippen LogP contribution in [0, 0.1) is 29.1 Å². The molecule has 0 heterocycles. The van der Waals surface area contributed by atoms with Crippen LogP contribution in [0.2, 0.25) is 0 Å². The second-order valence-corrected chi connectivity index (χ2v) is 5.70. The van der Waals surface area contributed by atoms with Crippen molar-refractivity contribution >= 4 is 31.9 Å². The van der Waals surface area contributed by atoms with Crippen LogP contribution >= 0.6 is 31.9 Å². The molecule has 2 rings (SSSR count). The average Bonchev–Trinajstić information content (AvgIpc) is 2.32. The zero-order chi connectivity index (χ0) is 15.0. The third-order valence-corrected chi connectivity index (χ3v) is 4.17. The van der Waals surface area contributed by atoms with Crippen molar-refractivity contribution in [2.24, 2.45) is 0 Å². The van der Waals surface area contributed by atoms with E-state index in [1.165, 1.54) is 0 Å². The Morgan fingerprint density at radius 2 is 1.30 bits per heavy atom. The summed E-state index contributed by atoms with van der Waals surface area (Å²) in [5.41, 5.74) is -0.887.